The third kappa shape index (κ3) is 6.68. The number of amides is 1. The van der Waals surface area contributed by atoms with Gasteiger partial charge >= 0.3 is 0 Å². The summed E-state index contributed by atoms with van der Waals surface area (Å²) in [6.45, 7) is 13.9. The Morgan fingerprint density at radius 3 is 2.41 bits per heavy atom. The molecule has 2 aliphatic rings. The molecular formula is C29H42N2O. The van der Waals surface area contributed by atoms with Crippen LogP contribution in [0.3, 0.4) is 0 Å². The summed E-state index contributed by atoms with van der Waals surface area (Å²) in [5.74, 6) is 0.353. The van der Waals surface area contributed by atoms with Gasteiger partial charge in [0.15, 0.2) is 0 Å². The fourth-order valence-corrected chi connectivity index (χ4v) is 5.23. The summed E-state index contributed by atoms with van der Waals surface area (Å²) in [6.07, 6.45) is 12.8. The Kier molecular flexibility index (Phi) is 8.92. The van der Waals surface area contributed by atoms with Crippen molar-refractivity contribution in [1.29, 1.82) is 0 Å². The average Bonchev–Trinajstić information content (AvgIpc) is 2.79. The van der Waals surface area contributed by atoms with E-state index in [9.17, 15) is 4.79 Å². The summed E-state index contributed by atoms with van der Waals surface area (Å²) >= 11 is 0. The number of piperidine rings is 2. The highest BCUT2D eigenvalue weighted by Crippen LogP contribution is 2.33. The van der Waals surface area contributed by atoms with Crippen molar-refractivity contribution < 1.29 is 4.79 Å². The fourth-order valence-electron chi connectivity index (χ4n) is 5.23. The Balaban J connectivity index is 1.56. The van der Waals surface area contributed by atoms with Crippen LogP contribution in [0.25, 0.3) is 5.57 Å². The number of likely N-dealkylation sites (tertiary alicyclic amines) is 2. The van der Waals surface area contributed by atoms with E-state index in [0.717, 1.165) is 58.4 Å². The second-order valence-corrected chi connectivity index (χ2v) is 10.1. The van der Waals surface area contributed by atoms with Gasteiger partial charge in [0.1, 0.15) is 0 Å². The number of benzene rings is 1. The molecule has 2 fully saturated rings. The van der Waals surface area contributed by atoms with Crippen LogP contribution in [0.5, 0.6) is 0 Å². The van der Waals surface area contributed by atoms with E-state index in [1.165, 1.54) is 23.1 Å². The molecule has 3 nitrogen and oxygen atoms in total. The molecule has 0 N–H and O–H groups in total. The zero-order valence-corrected chi connectivity index (χ0v) is 20.7. The number of allylic oxidation sites excluding steroid dienone is 5. The van der Waals surface area contributed by atoms with Crippen LogP contribution >= 0.6 is 0 Å². The van der Waals surface area contributed by atoms with Gasteiger partial charge in [0.2, 0.25) is 5.91 Å². The van der Waals surface area contributed by atoms with Crippen molar-refractivity contribution in [3.8, 4) is 0 Å². The van der Waals surface area contributed by atoms with E-state index in [2.05, 4.69) is 86.1 Å². The van der Waals surface area contributed by atoms with Gasteiger partial charge in [-0.15, -0.1) is 0 Å². The Morgan fingerprint density at radius 2 is 1.78 bits per heavy atom. The molecule has 3 rings (SSSR count). The fraction of sp³-hybridized carbons (Fsp3) is 0.552. The van der Waals surface area contributed by atoms with Gasteiger partial charge in [0.05, 0.1) is 0 Å². The van der Waals surface area contributed by atoms with E-state index >= 15 is 0 Å². The highest BCUT2D eigenvalue weighted by molar-refractivity contribution is 5.84. The Morgan fingerprint density at radius 1 is 1.06 bits per heavy atom. The molecule has 0 aromatic heterocycles. The molecule has 0 radical (unpaired) electrons. The summed E-state index contributed by atoms with van der Waals surface area (Å²) in [7, 11) is 0. The van der Waals surface area contributed by atoms with Gasteiger partial charge in [-0.2, -0.15) is 0 Å². The highest BCUT2D eigenvalue weighted by Gasteiger charge is 2.28. The molecule has 0 spiro atoms. The predicted octanol–water partition coefficient (Wildman–Crippen LogP) is 6.49. The third-order valence-corrected chi connectivity index (χ3v) is 6.94. The summed E-state index contributed by atoms with van der Waals surface area (Å²) in [5, 5.41) is 0. The zero-order chi connectivity index (χ0) is 23.0. The molecule has 2 aliphatic heterocycles. The van der Waals surface area contributed by atoms with Crippen LogP contribution in [0.4, 0.5) is 0 Å². The summed E-state index contributed by atoms with van der Waals surface area (Å²) in [4.78, 5) is 17.3. The maximum atomic E-state index is 12.7. The van der Waals surface area contributed by atoms with Gasteiger partial charge in [-0.3, -0.25) is 4.79 Å². The first kappa shape index (κ1) is 24.5. The van der Waals surface area contributed by atoms with Crippen molar-refractivity contribution in [2.75, 3.05) is 32.7 Å². The van der Waals surface area contributed by atoms with E-state index in [-0.39, 0.29) is 5.41 Å². The molecule has 2 heterocycles. The third-order valence-electron chi connectivity index (χ3n) is 6.94. The molecule has 1 aromatic rings. The molecule has 2 saturated heterocycles. The van der Waals surface area contributed by atoms with Crippen LogP contribution in [-0.2, 0) is 4.79 Å². The maximum Gasteiger partial charge on any atom is 0.222 e. The minimum Gasteiger partial charge on any atom is -0.342 e. The SMILES string of the molecule is C/C=C\C(=C/C)C(=C1CCN(CCCC(=O)N2CCCC(C)(C)C2)CC1)c1ccccc1. The van der Waals surface area contributed by atoms with Gasteiger partial charge in [-0.05, 0) is 74.6 Å². The summed E-state index contributed by atoms with van der Waals surface area (Å²) in [5.41, 5.74) is 5.88. The molecule has 0 bridgehead atoms. The molecule has 1 amide bonds. The molecule has 174 valence electrons. The number of rotatable bonds is 7. The number of hydrogen-bond donors (Lipinski definition) is 0. The van der Waals surface area contributed by atoms with Crippen molar-refractivity contribution in [1.82, 2.24) is 9.80 Å². The number of nitrogens with zero attached hydrogens (tertiary/aromatic N) is 2. The molecule has 32 heavy (non-hydrogen) atoms. The lowest BCUT2D eigenvalue weighted by Gasteiger charge is -2.38. The normalized spacial score (nSPS) is 20.1. The monoisotopic (exact) mass is 434 g/mol. The van der Waals surface area contributed by atoms with Crippen LogP contribution in [0.15, 0.2) is 59.7 Å². The molecule has 0 saturated carbocycles. The standard InChI is InChI=1S/C29H42N2O/c1-5-12-24(6-2)28(25-13-8-7-9-14-25)26-16-21-30(22-17-26)19-10-15-27(32)31-20-11-18-29(3,4)23-31/h5-9,12-14H,10-11,15-23H2,1-4H3/b12-5-,24-6+. The van der Waals surface area contributed by atoms with Gasteiger partial charge < -0.3 is 9.80 Å². The van der Waals surface area contributed by atoms with E-state index < -0.39 is 0 Å². The van der Waals surface area contributed by atoms with E-state index in [1.54, 1.807) is 5.57 Å². The highest BCUT2D eigenvalue weighted by atomic mass is 16.2. The largest absolute Gasteiger partial charge is 0.342 e. The van der Waals surface area contributed by atoms with Crippen LogP contribution < -0.4 is 0 Å². The minimum atomic E-state index is 0.277. The van der Waals surface area contributed by atoms with Crippen LogP contribution in [0, 0.1) is 5.41 Å². The second-order valence-electron chi connectivity index (χ2n) is 10.1. The quantitative estimate of drug-likeness (QED) is 0.458. The van der Waals surface area contributed by atoms with Gasteiger partial charge in [0, 0.05) is 32.6 Å². The molecule has 0 unspecified atom stereocenters. The maximum absolute atomic E-state index is 12.7. The minimum absolute atomic E-state index is 0.277. The van der Waals surface area contributed by atoms with Crippen molar-refractivity contribution in [2.45, 2.75) is 66.2 Å². The first-order valence-electron chi connectivity index (χ1n) is 12.5. The summed E-state index contributed by atoms with van der Waals surface area (Å²) in [6, 6.07) is 10.8. The lowest BCUT2D eigenvalue weighted by molar-refractivity contribution is -0.134. The first-order valence-corrected chi connectivity index (χ1v) is 12.5. The Labute approximate surface area is 195 Å². The van der Waals surface area contributed by atoms with Gasteiger partial charge in [0.25, 0.3) is 0 Å². The lowest BCUT2D eigenvalue weighted by atomic mass is 9.84. The Bertz CT molecular complexity index is 837. The van der Waals surface area contributed by atoms with Crippen molar-refractivity contribution in [3.63, 3.8) is 0 Å². The number of carbonyl (C=O) groups is 1. The first-order chi connectivity index (χ1) is 15.4. The lowest BCUT2D eigenvalue weighted by Crippen LogP contribution is -2.43. The van der Waals surface area contributed by atoms with E-state index in [0.29, 0.717) is 12.3 Å². The van der Waals surface area contributed by atoms with Crippen LogP contribution in [-0.4, -0.2) is 48.4 Å². The second kappa shape index (κ2) is 11.7. The Hall–Kier alpha value is -2.13. The molecule has 0 atom stereocenters. The molecule has 0 aliphatic carbocycles. The molecule has 3 heteroatoms. The smallest absolute Gasteiger partial charge is 0.222 e. The van der Waals surface area contributed by atoms with E-state index in [4.69, 9.17) is 0 Å². The average molecular weight is 435 g/mol. The van der Waals surface area contributed by atoms with Crippen LogP contribution in [0.1, 0.15) is 71.8 Å². The predicted molar refractivity (Wildman–Crippen MR) is 136 cm³/mol. The number of hydrogen-bond acceptors (Lipinski definition) is 2. The van der Waals surface area contributed by atoms with Crippen molar-refractivity contribution >= 4 is 11.5 Å². The molecular weight excluding hydrogens is 392 g/mol. The zero-order valence-electron chi connectivity index (χ0n) is 20.7. The van der Waals surface area contributed by atoms with Crippen molar-refractivity contribution in [3.05, 3.63) is 65.3 Å². The summed E-state index contributed by atoms with van der Waals surface area (Å²) < 4.78 is 0. The van der Waals surface area contributed by atoms with Crippen LogP contribution in [0.2, 0.25) is 0 Å². The molecule has 1 aromatic carbocycles. The van der Waals surface area contributed by atoms with E-state index in [1.807, 2.05) is 0 Å². The topological polar surface area (TPSA) is 23.6 Å². The number of carbonyl (C=O) groups excluding carboxylic acids is 1. The van der Waals surface area contributed by atoms with Crippen molar-refractivity contribution in [2.24, 2.45) is 5.41 Å². The van der Waals surface area contributed by atoms with Gasteiger partial charge in [-0.1, -0.05) is 68.0 Å². The van der Waals surface area contributed by atoms with Gasteiger partial charge in [-0.25, -0.2) is 0 Å².